The van der Waals surface area contributed by atoms with Crippen LogP contribution in [-0.4, -0.2) is 123 Å². The van der Waals surface area contributed by atoms with Gasteiger partial charge in [0.15, 0.2) is 17.5 Å². The van der Waals surface area contributed by atoms with Crippen molar-refractivity contribution in [3.05, 3.63) is 119 Å². The van der Waals surface area contributed by atoms with Gasteiger partial charge in [0, 0.05) is 67.5 Å². The van der Waals surface area contributed by atoms with E-state index < -0.39 is 23.3 Å². The van der Waals surface area contributed by atoms with Crippen molar-refractivity contribution >= 4 is 63.0 Å². The molecule has 6 aromatic heterocycles. The van der Waals surface area contributed by atoms with Crippen LogP contribution in [0.4, 0.5) is 46.8 Å². The molecule has 72 heavy (non-hydrogen) atoms. The second-order valence-electron chi connectivity index (χ2n) is 18.6. The van der Waals surface area contributed by atoms with Crippen molar-refractivity contribution in [1.82, 2.24) is 59.1 Å². The van der Waals surface area contributed by atoms with E-state index in [1.54, 1.807) is 65.4 Å². The van der Waals surface area contributed by atoms with E-state index in [0.717, 1.165) is 23.7 Å². The first-order chi connectivity index (χ1) is 34.6. The van der Waals surface area contributed by atoms with Crippen LogP contribution in [0.5, 0.6) is 0 Å². The van der Waals surface area contributed by atoms with E-state index >= 15 is 17.6 Å². The molecule has 0 atom stereocenters. The number of rotatable bonds is 12. The zero-order valence-electron chi connectivity index (χ0n) is 40.4. The highest BCUT2D eigenvalue weighted by Crippen LogP contribution is 2.35. The minimum atomic E-state index is -0.735. The quantitative estimate of drug-likeness (QED) is 0.0991. The average Bonchev–Trinajstić information content (AvgIpc) is 3.89. The van der Waals surface area contributed by atoms with Gasteiger partial charge >= 0.3 is 0 Å². The van der Waals surface area contributed by atoms with Gasteiger partial charge in [0.2, 0.25) is 17.8 Å². The summed E-state index contributed by atoms with van der Waals surface area (Å²) in [4.78, 5) is 68.2. The molecule has 2 aromatic carbocycles. The van der Waals surface area contributed by atoms with E-state index in [4.69, 9.17) is 0 Å². The van der Waals surface area contributed by atoms with Crippen LogP contribution >= 0.6 is 0 Å². The normalized spacial score (nSPS) is 14.9. The molecule has 8 aromatic rings. The molecule has 2 aliphatic heterocycles. The third kappa shape index (κ3) is 9.39. The predicted molar refractivity (Wildman–Crippen MR) is 265 cm³/mol. The highest BCUT2D eigenvalue weighted by Gasteiger charge is 2.30. The number of halogens is 4. The molecule has 370 valence electrons. The number of aromatic nitrogens is 9. The summed E-state index contributed by atoms with van der Waals surface area (Å²) >= 11 is 0. The van der Waals surface area contributed by atoms with Gasteiger partial charge in [-0.2, -0.15) is 0 Å². The Balaban J connectivity index is 0.718. The molecular formula is C51H51F4N15O2. The number of anilines is 5. The van der Waals surface area contributed by atoms with Crippen molar-refractivity contribution in [1.29, 1.82) is 0 Å². The van der Waals surface area contributed by atoms with Gasteiger partial charge in [-0.3, -0.25) is 19.4 Å². The molecule has 0 spiro atoms. The van der Waals surface area contributed by atoms with Crippen LogP contribution in [-0.2, 0) is 4.79 Å². The Morgan fingerprint density at radius 2 is 1.38 bits per heavy atom. The molecule has 3 N–H and O–H groups in total. The van der Waals surface area contributed by atoms with E-state index in [1.807, 2.05) is 39.2 Å². The average molecular weight is 982 g/mol. The lowest BCUT2D eigenvalue weighted by molar-refractivity contribution is -0.122. The predicted octanol–water partition coefficient (Wildman–Crippen LogP) is 8.65. The summed E-state index contributed by atoms with van der Waals surface area (Å²) in [6.45, 7) is 15.5. The van der Waals surface area contributed by atoms with Crippen LogP contribution in [0, 0.1) is 37.1 Å². The Labute approximate surface area is 411 Å². The SMILES string of the molecule is Cc1[nH]c2c(F)cc(-c3nc(Nc4ccc(N5CCN(CN6CCN(C(=O)c7cccc(Nc8ncc(F)c(-c9cc(F)c%10nc(C)n(C(C)C)c%10c9)n8)n7)CC6)CC5=O)cn4)ncc3F)cc2c1C(C)C. The molecular weight excluding hydrogens is 931 g/mol. The van der Waals surface area contributed by atoms with Crippen molar-refractivity contribution in [3.63, 3.8) is 0 Å². The zero-order chi connectivity index (χ0) is 50.5. The topological polar surface area (TPSA) is 182 Å². The molecule has 8 heterocycles. The first kappa shape index (κ1) is 47.8. The Bertz CT molecular complexity index is 3390. The monoisotopic (exact) mass is 981 g/mol. The van der Waals surface area contributed by atoms with Crippen LogP contribution in [0.2, 0.25) is 0 Å². The van der Waals surface area contributed by atoms with Gasteiger partial charge < -0.3 is 30.0 Å². The molecule has 2 fully saturated rings. The maximum Gasteiger partial charge on any atom is 0.272 e. The summed E-state index contributed by atoms with van der Waals surface area (Å²) in [6, 6.07) is 14.2. The molecule has 0 aliphatic carbocycles. The minimum Gasteiger partial charge on any atom is -0.356 e. The number of hydrogen-bond acceptors (Lipinski definition) is 13. The van der Waals surface area contributed by atoms with Gasteiger partial charge in [0.05, 0.1) is 48.5 Å². The van der Waals surface area contributed by atoms with E-state index in [1.165, 1.54) is 12.1 Å². The van der Waals surface area contributed by atoms with Gasteiger partial charge in [-0.05, 0) is 87.7 Å². The fourth-order valence-electron chi connectivity index (χ4n) is 9.73. The van der Waals surface area contributed by atoms with Crippen molar-refractivity contribution in [2.24, 2.45) is 0 Å². The van der Waals surface area contributed by atoms with Crippen LogP contribution in [0.25, 0.3) is 44.5 Å². The lowest BCUT2D eigenvalue weighted by atomic mass is 9.98. The number of H-pyrrole nitrogens is 1. The van der Waals surface area contributed by atoms with Crippen LogP contribution in [0.15, 0.2) is 73.2 Å². The summed E-state index contributed by atoms with van der Waals surface area (Å²) in [6.07, 6.45) is 3.61. The number of hydrogen-bond donors (Lipinski definition) is 3. The van der Waals surface area contributed by atoms with Crippen LogP contribution < -0.4 is 15.5 Å². The largest absolute Gasteiger partial charge is 0.356 e. The molecule has 0 radical (unpaired) electrons. The lowest BCUT2D eigenvalue weighted by Gasteiger charge is -2.40. The van der Waals surface area contributed by atoms with E-state index in [9.17, 15) is 9.59 Å². The van der Waals surface area contributed by atoms with E-state index in [0.29, 0.717) is 79.7 Å². The number of nitrogens with zero attached hydrogens (tertiary/aromatic N) is 12. The summed E-state index contributed by atoms with van der Waals surface area (Å²) in [5.74, 6) is -1.40. The van der Waals surface area contributed by atoms with Gasteiger partial charge in [-0.15, -0.1) is 0 Å². The van der Waals surface area contributed by atoms with Crippen molar-refractivity contribution in [2.45, 2.75) is 53.5 Å². The molecule has 2 aliphatic rings. The Morgan fingerprint density at radius 1 is 0.708 bits per heavy atom. The number of piperazine rings is 2. The van der Waals surface area contributed by atoms with Gasteiger partial charge in [0.25, 0.3) is 5.91 Å². The fourth-order valence-corrected chi connectivity index (χ4v) is 9.73. The molecule has 2 amide bonds. The molecule has 2 saturated heterocycles. The Hall–Kier alpha value is -7.91. The van der Waals surface area contributed by atoms with Gasteiger partial charge in [-0.25, -0.2) is 52.4 Å². The second kappa shape index (κ2) is 19.4. The number of aryl methyl sites for hydroxylation is 2. The van der Waals surface area contributed by atoms with Crippen LogP contribution in [0.1, 0.15) is 67.2 Å². The van der Waals surface area contributed by atoms with Crippen molar-refractivity contribution < 1.29 is 27.2 Å². The smallest absolute Gasteiger partial charge is 0.272 e. The van der Waals surface area contributed by atoms with E-state index in [-0.39, 0.29) is 81.8 Å². The molecule has 0 unspecified atom stereocenters. The number of nitrogens with one attached hydrogen (secondary N) is 3. The molecule has 21 heteroatoms. The molecule has 17 nitrogen and oxygen atoms in total. The summed E-state index contributed by atoms with van der Waals surface area (Å²) in [5, 5.41) is 6.63. The number of fused-ring (bicyclic) bond motifs is 2. The standard InChI is InChI=1S/C51H51F4N15O2/c1-27(2)44-29(5)59-47-34(44)18-31(19-35(47)52)45-37(54)23-57-50(64-45)62-41-11-10-33(22-56-41)69-17-14-67(25-43(69)71)26-66-12-15-68(16-13-66)49(72)39-8-7-9-42(61-39)63-51-58-24-38(55)46(65-51)32-20-36(53)48-40(21-32)70(28(3)4)30(6)60-48/h7-11,18-24,27-28,59H,12-17,25-26H2,1-6H3,(H,56,57,62,64)(H,58,61,63,65). The zero-order valence-corrected chi connectivity index (χ0v) is 40.4. The Kier molecular flexibility index (Phi) is 12.8. The maximum absolute atomic E-state index is 15.3. The molecule has 0 bridgehead atoms. The molecule has 0 saturated carbocycles. The number of amides is 2. The molecule has 10 rings (SSSR count). The number of carbonyl (C=O) groups excluding carboxylic acids is 2. The number of aromatic amines is 1. The third-order valence-corrected chi connectivity index (χ3v) is 13.0. The van der Waals surface area contributed by atoms with Gasteiger partial charge in [0.1, 0.15) is 45.9 Å². The first-order valence-electron chi connectivity index (χ1n) is 23.7. The number of imidazole rings is 1. The summed E-state index contributed by atoms with van der Waals surface area (Å²) in [7, 11) is 0. The summed E-state index contributed by atoms with van der Waals surface area (Å²) < 4.78 is 62.7. The first-order valence-corrected chi connectivity index (χ1v) is 23.7. The van der Waals surface area contributed by atoms with Gasteiger partial charge in [-0.1, -0.05) is 19.9 Å². The minimum absolute atomic E-state index is 0.00709. The number of benzene rings is 2. The van der Waals surface area contributed by atoms with Crippen molar-refractivity contribution in [2.75, 3.05) is 68.0 Å². The van der Waals surface area contributed by atoms with Crippen molar-refractivity contribution in [3.8, 4) is 22.5 Å². The highest BCUT2D eigenvalue weighted by atomic mass is 19.1. The maximum atomic E-state index is 15.3. The van der Waals surface area contributed by atoms with E-state index in [2.05, 4.69) is 60.3 Å². The second-order valence-corrected chi connectivity index (χ2v) is 18.6. The summed E-state index contributed by atoms with van der Waals surface area (Å²) in [5.41, 5.74) is 4.05. The van der Waals surface area contributed by atoms with Crippen LogP contribution in [0.3, 0.4) is 0 Å². The third-order valence-electron chi connectivity index (χ3n) is 13.0. The highest BCUT2D eigenvalue weighted by molar-refractivity contribution is 5.96. The number of pyridine rings is 2. The lowest BCUT2D eigenvalue weighted by Crippen LogP contribution is -2.56. The number of carbonyl (C=O) groups is 2. The Morgan fingerprint density at radius 3 is 2.03 bits per heavy atom. The fraction of sp³-hybridized carbons (Fsp3) is 0.314.